The van der Waals surface area contributed by atoms with Crippen molar-refractivity contribution in [2.24, 2.45) is 0 Å². The maximum atomic E-state index is 5.99. The highest BCUT2D eigenvalue weighted by Crippen LogP contribution is 2.29. The first-order valence-corrected chi connectivity index (χ1v) is 7.74. The number of hydrogen-bond acceptors (Lipinski definition) is 4. The summed E-state index contributed by atoms with van der Waals surface area (Å²) in [6.07, 6.45) is 0. The van der Waals surface area contributed by atoms with Crippen LogP contribution in [0.4, 0.5) is 17.1 Å². The van der Waals surface area contributed by atoms with Crippen molar-refractivity contribution in [2.75, 3.05) is 42.5 Å². The third-order valence-corrected chi connectivity index (χ3v) is 4.78. The summed E-state index contributed by atoms with van der Waals surface area (Å²) in [5, 5.41) is 0. The van der Waals surface area contributed by atoms with Gasteiger partial charge in [0.1, 0.15) is 0 Å². The van der Waals surface area contributed by atoms with E-state index in [2.05, 4.69) is 12.5 Å². The molecule has 1 heterocycles. The van der Waals surface area contributed by atoms with E-state index < -0.39 is 0 Å². The number of halogens is 1. The Morgan fingerprint density at radius 2 is 1.81 bits per heavy atom. The normalized spacial score (nSPS) is 17.6. The fraction of sp³-hybridized carbons (Fsp3) is 0.364. The van der Waals surface area contributed by atoms with E-state index in [1.807, 2.05) is 18.2 Å². The molecule has 1 aliphatic heterocycles. The summed E-state index contributed by atoms with van der Waals surface area (Å²) in [6.45, 7) is 4.21. The van der Waals surface area contributed by atoms with Crippen LogP contribution >= 0.6 is 21.0 Å². The Labute approximate surface area is 106 Å². The average Bonchev–Trinajstić information content (AvgIpc) is 2.33. The van der Waals surface area contributed by atoms with Crippen LogP contribution in [0, 0.1) is 0 Å². The van der Waals surface area contributed by atoms with Crippen LogP contribution < -0.4 is 16.4 Å². The van der Waals surface area contributed by atoms with Crippen molar-refractivity contribution in [1.82, 2.24) is 3.11 Å². The lowest BCUT2D eigenvalue weighted by Crippen LogP contribution is -2.42. The minimum absolute atomic E-state index is 0.0168. The maximum absolute atomic E-state index is 5.99. The summed E-state index contributed by atoms with van der Waals surface area (Å²) in [4.78, 5) is 2.31. The lowest BCUT2D eigenvalue weighted by atomic mass is 10.2. The molecule has 88 valence electrons. The second-order valence-corrected chi connectivity index (χ2v) is 5.84. The van der Waals surface area contributed by atoms with Gasteiger partial charge < -0.3 is 16.4 Å². The van der Waals surface area contributed by atoms with Crippen LogP contribution in [-0.4, -0.2) is 33.8 Å². The summed E-state index contributed by atoms with van der Waals surface area (Å²) in [7, 11) is 0. The molecule has 1 saturated heterocycles. The molecule has 0 atom stereocenters. The maximum Gasteiger partial charge on any atom is 0.0785 e. The van der Waals surface area contributed by atoms with Gasteiger partial charge in [-0.15, -0.1) is 0 Å². The van der Waals surface area contributed by atoms with E-state index in [9.17, 15) is 0 Å². The molecular weight excluding hydrogens is 315 g/mol. The SMILES string of the molecule is C=IN1CCN(c2cccc(N)c2N)CC1. The summed E-state index contributed by atoms with van der Waals surface area (Å²) in [5.74, 6) is 0. The molecule has 16 heavy (non-hydrogen) atoms. The van der Waals surface area contributed by atoms with Gasteiger partial charge in [0.2, 0.25) is 0 Å². The Morgan fingerprint density at radius 3 is 2.44 bits per heavy atom. The molecular formula is C11H17IN4. The highest BCUT2D eigenvalue weighted by Gasteiger charge is 2.17. The minimum Gasteiger partial charge on any atom is -0.397 e. The number of anilines is 3. The molecule has 2 rings (SSSR count). The van der Waals surface area contributed by atoms with Gasteiger partial charge in [-0.2, -0.15) is 0 Å². The summed E-state index contributed by atoms with van der Waals surface area (Å²) in [5.41, 5.74) is 14.3. The van der Waals surface area contributed by atoms with Crippen LogP contribution in [0.3, 0.4) is 0 Å². The lowest BCUT2D eigenvalue weighted by Gasteiger charge is -2.34. The van der Waals surface area contributed by atoms with Crippen molar-refractivity contribution in [3.63, 3.8) is 0 Å². The van der Waals surface area contributed by atoms with E-state index in [0.29, 0.717) is 11.4 Å². The van der Waals surface area contributed by atoms with Gasteiger partial charge in [-0.1, -0.05) is 10.6 Å². The first kappa shape index (κ1) is 11.7. The fourth-order valence-corrected chi connectivity index (χ4v) is 3.00. The zero-order valence-electron chi connectivity index (χ0n) is 9.19. The molecule has 0 radical (unpaired) electrons. The molecule has 4 N–H and O–H groups in total. The van der Waals surface area contributed by atoms with Crippen LogP contribution in [0.5, 0.6) is 0 Å². The molecule has 0 amide bonds. The minimum atomic E-state index is -0.0168. The van der Waals surface area contributed by atoms with Gasteiger partial charge in [0.15, 0.2) is 0 Å². The highest BCUT2D eigenvalue weighted by molar-refractivity contribution is 14.2. The fourth-order valence-electron chi connectivity index (χ4n) is 1.89. The quantitative estimate of drug-likeness (QED) is 0.487. The van der Waals surface area contributed by atoms with E-state index in [1.54, 1.807) is 0 Å². The number of piperazine rings is 1. The Bertz CT molecular complexity index is 386. The smallest absolute Gasteiger partial charge is 0.0785 e. The van der Waals surface area contributed by atoms with Gasteiger partial charge in [-0.05, 0) is 33.1 Å². The van der Waals surface area contributed by atoms with Gasteiger partial charge >= 0.3 is 0 Å². The molecule has 0 spiro atoms. The highest BCUT2D eigenvalue weighted by atomic mass is 127. The Kier molecular flexibility index (Phi) is 3.65. The lowest BCUT2D eigenvalue weighted by molar-refractivity contribution is 0.460. The van der Waals surface area contributed by atoms with Crippen molar-refractivity contribution in [1.29, 1.82) is 0 Å². The summed E-state index contributed by atoms with van der Waals surface area (Å²) in [6, 6.07) is 5.85. The van der Waals surface area contributed by atoms with Crippen LogP contribution in [0.1, 0.15) is 0 Å². The monoisotopic (exact) mass is 332 g/mol. The number of nitrogen functional groups attached to an aromatic ring is 2. The van der Waals surface area contributed by atoms with Crippen LogP contribution in [0.15, 0.2) is 18.2 Å². The van der Waals surface area contributed by atoms with E-state index >= 15 is 0 Å². The average molecular weight is 332 g/mol. The second-order valence-electron chi connectivity index (χ2n) is 3.80. The Hall–Kier alpha value is -0.820. The molecule has 1 aliphatic rings. The molecule has 0 aliphatic carbocycles. The third-order valence-electron chi connectivity index (χ3n) is 2.85. The Balaban J connectivity index is 2.14. The van der Waals surface area contributed by atoms with Gasteiger partial charge in [-0.3, -0.25) is 0 Å². The number of rotatable bonds is 2. The molecule has 0 saturated carbocycles. The predicted molar refractivity (Wildman–Crippen MR) is 80.2 cm³/mol. The number of nitrogens with two attached hydrogens (primary N) is 2. The molecule has 0 aromatic heterocycles. The van der Waals surface area contributed by atoms with Crippen molar-refractivity contribution in [3.8, 4) is 0 Å². The van der Waals surface area contributed by atoms with E-state index in [4.69, 9.17) is 11.5 Å². The molecule has 0 unspecified atom stereocenters. The van der Waals surface area contributed by atoms with Gasteiger partial charge in [-0.25, -0.2) is 3.11 Å². The standard InChI is InChI=1S/C11H17IN4/c1-12-16-7-5-15(6-8-16)10-4-2-3-9(13)11(10)14/h2-4H,1,5-8,13-14H2. The molecule has 5 heteroatoms. The number of nitrogens with zero attached hydrogens (tertiary/aromatic N) is 2. The largest absolute Gasteiger partial charge is 0.397 e. The third kappa shape index (κ3) is 2.30. The number of hydrogen-bond donors (Lipinski definition) is 2. The van der Waals surface area contributed by atoms with E-state index in [1.165, 1.54) is 0 Å². The number of benzene rings is 1. The Morgan fingerprint density at radius 1 is 1.12 bits per heavy atom. The van der Waals surface area contributed by atoms with Crippen molar-refractivity contribution in [2.45, 2.75) is 0 Å². The molecule has 4 nitrogen and oxygen atoms in total. The molecule has 1 fully saturated rings. The van der Waals surface area contributed by atoms with Crippen LogP contribution in [0.25, 0.3) is 0 Å². The van der Waals surface area contributed by atoms with Crippen molar-refractivity contribution < 1.29 is 0 Å². The van der Waals surface area contributed by atoms with Gasteiger partial charge in [0.05, 0.1) is 17.1 Å². The number of para-hydroxylation sites is 1. The first-order valence-electron chi connectivity index (χ1n) is 5.25. The zero-order chi connectivity index (χ0) is 11.5. The summed E-state index contributed by atoms with van der Waals surface area (Å²) < 4.78 is 6.45. The van der Waals surface area contributed by atoms with E-state index in [-0.39, 0.29) is 21.0 Å². The first-order chi connectivity index (χ1) is 7.72. The zero-order valence-corrected chi connectivity index (χ0v) is 11.4. The van der Waals surface area contributed by atoms with Crippen molar-refractivity contribution in [3.05, 3.63) is 18.2 Å². The molecule has 1 aromatic carbocycles. The van der Waals surface area contributed by atoms with Gasteiger partial charge in [0, 0.05) is 26.2 Å². The van der Waals surface area contributed by atoms with Crippen LogP contribution in [0.2, 0.25) is 0 Å². The van der Waals surface area contributed by atoms with Crippen LogP contribution in [-0.2, 0) is 0 Å². The molecule has 0 bridgehead atoms. The topological polar surface area (TPSA) is 58.5 Å². The summed E-state index contributed by atoms with van der Waals surface area (Å²) >= 11 is -0.0168. The van der Waals surface area contributed by atoms with Gasteiger partial charge in [0.25, 0.3) is 0 Å². The second kappa shape index (κ2) is 5.01. The van der Waals surface area contributed by atoms with E-state index in [0.717, 1.165) is 31.9 Å². The predicted octanol–water partition coefficient (Wildman–Crippen LogP) is 1.29. The molecule has 1 aromatic rings. The van der Waals surface area contributed by atoms with Crippen molar-refractivity contribution >= 4 is 42.6 Å².